The zero-order valence-electron chi connectivity index (χ0n) is 17.0. The summed E-state index contributed by atoms with van der Waals surface area (Å²) in [4.78, 5) is 45.5. The van der Waals surface area contributed by atoms with Crippen molar-refractivity contribution in [2.24, 2.45) is 0 Å². The molecular weight excluding hydrogens is 506 g/mol. The van der Waals surface area contributed by atoms with Gasteiger partial charge in [0.25, 0.3) is 17.0 Å². The topological polar surface area (TPSA) is 101 Å². The molecule has 0 radical (unpaired) electrons. The van der Waals surface area contributed by atoms with Crippen molar-refractivity contribution in [3.8, 4) is 11.6 Å². The maximum absolute atomic E-state index is 13.8. The maximum atomic E-state index is 13.8. The smallest absolute Gasteiger partial charge is 0.294 e. The van der Waals surface area contributed by atoms with Gasteiger partial charge in [-0.25, -0.2) is 4.98 Å². The highest BCUT2D eigenvalue weighted by atomic mass is 35.5. The van der Waals surface area contributed by atoms with Crippen molar-refractivity contribution in [3.63, 3.8) is 0 Å². The van der Waals surface area contributed by atoms with E-state index in [0.717, 1.165) is 11.1 Å². The number of ether oxygens (including phenoxy) is 1. The van der Waals surface area contributed by atoms with E-state index in [-0.39, 0.29) is 21.8 Å². The Kier molecular flexibility index (Phi) is 7.11. The summed E-state index contributed by atoms with van der Waals surface area (Å²) < 4.78 is 19.2. The number of nitrogens with zero attached hydrogens (tertiary/aromatic N) is 3. The third-order valence-electron chi connectivity index (χ3n) is 4.34. The number of thioether (sulfide) groups is 1. The molecule has 1 fully saturated rings. The number of rotatable bonds is 6. The molecule has 172 valence electrons. The van der Waals surface area contributed by atoms with Gasteiger partial charge in [-0.05, 0) is 65.3 Å². The number of aromatic nitrogens is 2. The molecule has 1 saturated heterocycles. The summed E-state index contributed by atoms with van der Waals surface area (Å²) in [6.45, 7) is -0.453. The number of hydrogen-bond acceptors (Lipinski definition) is 7. The largest absolute Gasteiger partial charge is 0.436 e. The highest BCUT2D eigenvalue weighted by Gasteiger charge is 2.36. The second kappa shape index (κ2) is 10.2. The van der Waals surface area contributed by atoms with Crippen LogP contribution in [0.2, 0.25) is 10.3 Å². The average molecular weight is 519 g/mol. The van der Waals surface area contributed by atoms with Crippen LogP contribution in [-0.2, 0) is 9.59 Å². The minimum atomic E-state index is -0.799. The van der Waals surface area contributed by atoms with E-state index >= 15 is 0 Å². The van der Waals surface area contributed by atoms with Gasteiger partial charge in [0.2, 0.25) is 17.0 Å². The number of hydrogen-bond donors (Lipinski definition) is 1. The molecular formula is C22H13Cl2FN4O4S. The summed E-state index contributed by atoms with van der Waals surface area (Å²) in [6, 6.07) is 12.8. The second-order valence-corrected chi connectivity index (χ2v) is 8.56. The molecule has 12 heteroatoms. The molecule has 2 aromatic carbocycles. The minimum Gasteiger partial charge on any atom is -0.436 e. The fourth-order valence-corrected chi connectivity index (χ4v) is 4.03. The van der Waals surface area contributed by atoms with Gasteiger partial charge in [-0.3, -0.25) is 19.3 Å². The van der Waals surface area contributed by atoms with Crippen LogP contribution in [0.4, 0.5) is 14.9 Å². The standard InChI is InChI=1S/C22H13Cl2FN4O4S/c23-13-4-2-5-14(9-13)27-18(30)11-29-20(31)17(34-22(29)32)8-12-3-1-6-15(7-12)33-19-16(25)10-26-21(24)28-19/h1-10H,11H2,(H,27,30)/b17-8+. The van der Waals surface area contributed by atoms with E-state index in [1.165, 1.54) is 12.1 Å². The van der Waals surface area contributed by atoms with Gasteiger partial charge in [0.1, 0.15) is 12.3 Å². The molecule has 1 aliphatic rings. The highest BCUT2D eigenvalue weighted by Crippen LogP contribution is 2.33. The van der Waals surface area contributed by atoms with Crippen LogP contribution in [0.25, 0.3) is 6.08 Å². The van der Waals surface area contributed by atoms with E-state index in [4.69, 9.17) is 27.9 Å². The number of amides is 3. The number of anilines is 1. The molecule has 34 heavy (non-hydrogen) atoms. The van der Waals surface area contributed by atoms with Crippen LogP contribution >= 0.6 is 35.0 Å². The molecule has 1 N–H and O–H groups in total. The van der Waals surface area contributed by atoms with Crippen LogP contribution in [0.1, 0.15) is 5.56 Å². The van der Waals surface area contributed by atoms with Gasteiger partial charge in [-0.2, -0.15) is 9.37 Å². The van der Waals surface area contributed by atoms with Crippen LogP contribution < -0.4 is 10.1 Å². The first-order valence-corrected chi connectivity index (χ1v) is 11.1. The Balaban J connectivity index is 1.46. The molecule has 0 bridgehead atoms. The number of carbonyl (C=O) groups is 3. The van der Waals surface area contributed by atoms with E-state index in [0.29, 0.717) is 28.0 Å². The Hall–Kier alpha value is -3.47. The van der Waals surface area contributed by atoms with Crippen molar-refractivity contribution in [1.29, 1.82) is 0 Å². The molecule has 0 spiro atoms. The van der Waals surface area contributed by atoms with Crippen molar-refractivity contribution in [2.45, 2.75) is 0 Å². The van der Waals surface area contributed by atoms with Gasteiger partial charge in [0.05, 0.1) is 11.1 Å². The first-order valence-electron chi connectivity index (χ1n) is 9.55. The van der Waals surface area contributed by atoms with Crippen molar-refractivity contribution >= 4 is 63.8 Å². The monoisotopic (exact) mass is 518 g/mol. The molecule has 1 aliphatic heterocycles. The number of benzene rings is 2. The molecule has 1 aromatic heterocycles. The van der Waals surface area contributed by atoms with Crippen LogP contribution in [0, 0.1) is 5.82 Å². The van der Waals surface area contributed by atoms with Crippen molar-refractivity contribution in [2.75, 3.05) is 11.9 Å². The number of nitrogens with one attached hydrogen (secondary N) is 1. The summed E-state index contributed by atoms with van der Waals surface area (Å²) in [7, 11) is 0. The fraction of sp³-hybridized carbons (Fsp3) is 0.0455. The molecule has 0 atom stereocenters. The van der Waals surface area contributed by atoms with Gasteiger partial charge >= 0.3 is 0 Å². The zero-order chi connectivity index (χ0) is 24.2. The Labute approximate surface area is 206 Å². The quantitative estimate of drug-likeness (QED) is 0.344. The summed E-state index contributed by atoms with van der Waals surface area (Å²) in [5.41, 5.74) is 0.949. The van der Waals surface area contributed by atoms with Gasteiger partial charge in [0.15, 0.2) is 0 Å². The lowest BCUT2D eigenvalue weighted by molar-refractivity contribution is -0.127. The van der Waals surface area contributed by atoms with Crippen LogP contribution in [-0.4, -0.2) is 38.5 Å². The van der Waals surface area contributed by atoms with Crippen LogP contribution in [0.15, 0.2) is 59.6 Å². The van der Waals surface area contributed by atoms with Gasteiger partial charge in [0, 0.05) is 10.7 Å². The SMILES string of the molecule is O=C(CN1C(=O)S/C(=C/c2cccc(Oc3nc(Cl)ncc3F)c2)C1=O)Nc1cccc(Cl)c1. The molecule has 0 unspecified atom stereocenters. The molecule has 0 aliphatic carbocycles. The average Bonchev–Trinajstić information content (AvgIpc) is 3.04. The molecule has 0 saturated carbocycles. The third kappa shape index (κ3) is 5.71. The van der Waals surface area contributed by atoms with E-state index in [9.17, 15) is 18.8 Å². The second-order valence-electron chi connectivity index (χ2n) is 6.79. The zero-order valence-corrected chi connectivity index (χ0v) is 19.3. The molecule has 8 nitrogen and oxygen atoms in total. The maximum Gasteiger partial charge on any atom is 0.294 e. The van der Waals surface area contributed by atoms with Crippen molar-refractivity contribution in [1.82, 2.24) is 14.9 Å². The van der Waals surface area contributed by atoms with E-state index < -0.39 is 29.4 Å². The van der Waals surface area contributed by atoms with E-state index in [1.807, 2.05) is 0 Å². The van der Waals surface area contributed by atoms with Crippen LogP contribution in [0.3, 0.4) is 0 Å². The Morgan fingerprint density at radius 3 is 2.76 bits per heavy atom. The molecule has 3 aromatic rings. The lowest BCUT2D eigenvalue weighted by Crippen LogP contribution is -2.36. The molecule has 2 heterocycles. The van der Waals surface area contributed by atoms with Gasteiger partial charge in [-0.15, -0.1) is 0 Å². The minimum absolute atomic E-state index is 0.119. The number of halogens is 3. The Bertz CT molecular complexity index is 1340. The lowest BCUT2D eigenvalue weighted by Gasteiger charge is -2.12. The predicted molar refractivity (Wildman–Crippen MR) is 126 cm³/mol. The summed E-state index contributed by atoms with van der Waals surface area (Å²) in [6.07, 6.45) is 2.35. The molecule has 3 amide bonds. The van der Waals surface area contributed by atoms with Gasteiger partial charge in [-0.1, -0.05) is 29.8 Å². The normalized spacial score (nSPS) is 14.6. The van der Waals surface area contributed by atoms with Crippen LogP contribution in [0.5, 0.6) is 11.6 Å². The summed E-state index contributed by atoms with van der Waals surface area (Å²) in [5.74, 6) is -2.10. The highest BCUT2D eigenvalue weighted by molar-refractivity contribution is 8.18. The third-order valence-corrected chi connectivity index (χ3v) is 5.66. The van der Waals surface area contributed by atoms with Gasteiger partial charge < -0.3 is 10.1 Å². The van der Waals surface area contributed by atoms with Crippen molar-refractivity contribution in [3.05, 3.63) is 81.3 Å². The molecule has 4 rings (SSSR count). The summed E-state index contributed by atoms with van der Waals surface area (Å²) >= 11 is 12.3. The predicted octanol–water partition coefficient (Wildman–Crippen LogP) is 5.39. The van der Waals surface area contributed by atoms with E-state index in [1.54, 1.807) is 42.5 Å². The Morgan fingerprint density at radius 2 is 1.97 bits per heavy atom. The Morgan fingerprint density at radius 1 is 1.18 bits per heavy atom. The summed E-state index contributed by atoms with van der Waals surface area (Å²) in [5, 5.41) is 2.26. The lowest BCUT2D eigenvalue weighted by atomic mass is 10.2. The first-order chi connectivity index (χ1) is 16.3. The van der Waals surface area contributed by atoms with E-state index in [2.05, 4.69) is 15.3 Å². The number of imide groups is 1. The number of carbonyl (C=O) groups excluding carboxylic acids is 3. The first kappa shape index (κ1) is 23.7. The van der Waals surface area contributed by atoms with Crippen molar-refractivity contribution < 1.29 is 23.5 Å². The fourth-order valence-electron chi connectivity index (χ4n) is 2.88.